The third-order valence-electron chi connectivity index (χ3n) is 3.44. The molecular formula is C13H23NO4. The molecule has 1 fully saturated rings. The maximum atomic E-state index is 12.1. The Balaban J connectivity index is 2.56. The Morgan fingerprint density at radius 2 is 2.22 bits per heavy atom. The Morgan fingerprint density at radius 1 is 1.50 bits per heavy atom. The predicted octanol–water partition coefficient (Wildman–Crippen LogP) is 1.56. The third kappa shape index (κ3) is 3.98. The van der Waals surface area contributed by atoms with Crippen LogP contribution in [0.1, 0.15) is 46.0 Å². The van der Waals surface area contributed by atoms with Crippen LogP contribution in [0.15, 0.2) is 0 Å². The Hall–Kier alpha value is -1.10. The first-order valence-electron chi connectivity index (χ1n) is 6.61. The van der Waals surface area contributed by atoms with E-state index in [0.717, 1.165) is 25.7 Å². The molecule has 0 aromatic heterocycles. The lowest BCUT2D eigenvalue weighted by Gasteiger charge is -2.32. The van der Waals surface area contributed by atoms with Gasteiger partial charge in [0.15, 0.2) is 0 Å². The van der Waals surface area contributed by atoms with E-state index in [-0.39, 0.29) is 5.91 Å². The molecule has 2 N–H and O–H groups in total. The van der Waals surface area contributed by atoms with Gasteiger partial charge in [-0.05, 0) is 26.2 Å². The molecule has 5 nitrogen and oxygen atoms in total. The number of nitrogens with one attached hydrogen (secondary N) is 1. The highest BCUT2D eigenvalue weighted by atomic mass is 16.5. The van der Waals surface area contributed by atoms with Crippen LogP contribution in [0.2, 0.25) is 0 Å². The lowest BCUT2D eigenvalue weighted by Crippen LogP contribution is -2.50. The van der Waals surface area contributed by atoms with Gasteiger partial charge in [-0.25, -0.2) is 4.79 Å². The largest absolute Gasteiger partial charge is 0.480 e. The van der Waals surface area contributed by atoms with Crippen molar-refractivity contribution in [3.8, 4) is 0 Å². The van der Waals surface area contributed by atoms with Crippen LogP contribution in [0.25, 0.3) is 0 Å². The predicted molar refractivity (Wildman–Crippen MR) is 67.3 cm³/mol. The molecule has 1 rings (SSSR count). The summed E-state index contributed by atoms with van der Waals surface area (Å²) in [6.07, 6.45) is 3.79. The molecule has 2 unspecified atom stereocenters. The van der Waals surface area contributed by atoms with Crippen molar-refractivity contribution in [1.29, 1.82) is 0 Å². The fourth-order valence-electron chi connectivity index (χ4n) is 2.11. The number of carbonyl (C=O) groups excluding carboxylic acids is 1. The molecule has 5 heteroatoms. The quantitative estimate of drug-likeness (QED) is 0.757. The summed E-state index contributed by atoms with van der Waals surface area (Å²) in [4.78, 5) is 23.2. The zero-order valence-corrected chi connectivity index (χ0v) is 11.2. The average molecular weight is 257 g/mol. The van der Waals surface area contributed by atoms with E-state index < -0.39 is 17.4 Å². The summed E-state index contributed by atoms with van der Waals surface area (Å²) in [6, 6.07) is -0.781. The van der Waals surface area contributed by atoms with E-state index in [0.29, 0.717) is 19.6 Å². The van der Waals surface area contributed by atoms with Gasteiger partial charge in [0.1, 0.15) is 6.04 Å². The van der Waals surface area contributed by atoms with Crippen LogP contribution >= 0.6 is 0 Å². The molecule has 0 aromatic carbocycles. The summed E-state index contributed by atoms with van der Waals surface area (Å²) < 4.78 is 5.32. The van der Waals surface area contributed by atoms with Gasteiger partial charge < -0.3 is 15.2 Å². The van der Waals surface area contributed by atoms with E-state index in [9.17, 15) is 9.59 Å². The third-order valence-corrected chi connectivity index (χ3v) is 3.44. The van der Waals surface area contributed by atoms with Crippen molar-refractivity contribution in [3.63, 3.8) is 0 Å². The number of carboxylic acids is 1. The fraction of sp³-hybridized carbons (Fsp3) is 0.846. The van der Waals surface area contributed by atoms with Crippen molar-refractivity contribution in [2.45, 2.75) is 52.0 Å². The number of amides is 1. The van der Waals surface area contributed by atoms with Crippen LogP contribution in [-0.4, -0.2) is 36.2 Å². The molecular weight excluding hydrogens is 234 g/mol. The fourth-order valence-corrected chi connectivity index (χ4v) is 2.11. The van der Waals surface area contributed by atoms with Crippen molar-refractivity contribution >= 4 is 11.9 Å². The van der Waals surface area contributed by atoms with Gasteiger partial charge in [0, 0.05) is 6.61 Å². The Labute approximate surface area is 108 Å². The zero-order valence-electron chi connectivity index (χ0n) is 11.2. The van der Waals surface area contributed by atoms with Gasteiger partial charge in [-0.1, -0.05) is 19.8 Å². The number of carbonyl (C=O) groups is 2. The van der Waals surface area contributed by atoms with Crippen LogP contribution < -0.4 is 5.32 Å². The van der Waals surface area contributed by atoms with E-state index in [1.54, 1.807) is 0 Å². The second-order valence-electron chi connectivity index (χ2n) is 5.22. The van der Waals surface area contributed by atoms with E-state index in [4.69, 9.17) is 9.84 Å². The normalized spacial score (nSPS) is 25.4. The van der Waals surface area contributed by atoms with Crippen molar-refractivity contribution in [2.75, 3.05) is 13.2 Å². The Bertz CT molecular complexity index is 297. The van der Waals surface area contributed by atoms with Crippen molar-refractivity contribution in [3.05, 3.63) is 0 Å². The topological polar surface area (TPSA) is 75.6 Å². The molecule has 0 saturated carbocycles. The van der Waals surface area contributed by atoms with Crippen LogP contribution in [-0.2, 0) is 14.3 Å². The number of ether oxygens (including phenoxy) is 1. The highest BCUT2D eigenvalue weighted by Gasteiger charge is 2.37. The molecule has 0 aliphatic carbocycles. The Kier molecular flexibility index (Phi) is 5.59. The number of unbranched alkanes of at least 4 members (excludes halogenated alkanes) is 1. The van der Waals surface area contributed by atoms with Crippen molar-refractivity contribution in [2.24, 2.45) is 5.41 Å². The first-order chi connectivity index (χ1) is 8.49. The summed E-state index contributed by atoms with van der Waals surface area (Å²) in [6.45, 7) is 4.89. The zero-order chi connectivity index (χ0) is 13.6. The minimum Gasteiger partial charge on any atom is -0.480 e. The summed E-state index contributed by atoms with van der Waals surface area (Å²) >= 11 is 0. The number of hydrogen-bond acceptors (Lipinski definition) is 3. The minimum absolute atomic E-state index is 0.203. The SMILES string of the molecule is CCCCC(NC(=O)C1(C)CCCOC1)C(=O)O. The molecule has 0 bridgehead atoms. The molecule has 104 valence electrons. The monoisotopic (exact) mass is 257 g/mol. The lowest BCUT2D eigenvalue weighted by molar-refractivity contribution is -0.146. The molecule has 1 heterocycles. The smallest absolute Gasteiger partial charge is 0.326 e. The molecule has 1 aliphatic rings. The lowest BCUT2D eigenvalue weighted by atomic mass is 9.83. The minimum atomic E-state index is -0.961. The van der Waals surface area contributed by atoms with E-state index in [1.165, 1.54) is 0 Å². The van der Waals surface area contributed by atoms with Gasteiger partial charge in [-0.15, -0.1) is 0 Å². The number of carboxylic acid groups (broad SMARTS) is 1. The molecule has 0 aromatic rings. The van der Waals surface area contributed by atoms with Crippen LogP contribution in [0.5, 0.6) is 0 Å². The Morgan fingerprint density at radius 3 is 2.72 bits per heavy atom. The molecule has 1 amide bonds. The van der Waals surface area contributed by atoms with Gasteiger partial charge in [0.25, 0.3) is 0 Å². The van der Waals surface area contributed by atoms with Crippen molar-refractivity contribution < 1.29 is 19.4 Å². The molecule has 1 saturated heterocycles. The maximum absolute atomic E-state index is 12.1. The molecule has 18 heavy (non-hydrogen) atoms. The van der Waals surface area contributed by atoms with Gasteiger partial charge in [0.2, 0.25) is 5.91 Å². The summed E-state index contributed by atoms with van der Waals surface area (Å²) in [5.41, 5.74) is -0.585. The first kappa shape index (κ1) is 15.0. The molecule has 0 radical (unpaired) electrons. The summed E-state index contributed by atoms with van der Waals surface area (Å²) in [5.74, 6) is -1.16. The van der Waals surface area contributed by atoms with Gasteiger partial charge >= 0.3 is 5.97 Å². The average Bonchev–Trinajstić information content (AvgIpc) is 2.34. The second kappa shape index (κ2) is 6.73. The standard InChI is InChI=1S/C13H23NO4/c1-3-4-6-10(11(15)16)14-12(17)13(2)7-5-8-18-9-13/h10H,3-9H2,1-2H3,(H,14,17)(H,15,16). The highest BCUT2D eigenvalue weighted by molar-refractivity contribution is 5.87. The number of hydrogen-bond donors (Lipinski definition) is 2. The van der Waals surface area contributed by atoms with E-state index >= 15 is 0 Å². The van der Waals surface area contributed by atoms with Gasteiger partial charge in [-0.2, -0.15) is 0 Å². The van der Waals surface area contributed by atoms with E-state index in [2.05, 4.69) is 5.32 Å². The van der Waals surface area contributed by atoms with E-state index in [1.807, 2.05) is 13.8 Å². The van der Waals surface area contributed by atoms with Crippen molar-refractivity contribution in [1.82, 2.24) is 5.32 Å². The summed E-state index contributed by atoms with van der Waals surface area (Å²) in [7, 11) is 0. The van der Waals surface area contributed by atoms with Gasteiger partial charge in [0.05, 0.1) is 12.0 Å². The maximum Gasteiger partial charge on any atom is 0.326 e. The number of rotatable bonds is 6. The van der Waals surface area contributed by atoms with Crippen LogP contribution in [0, 0.1) is 5.41 Å². The molecule has 2 atom stereocenters. The second-order valence-corrected chi connectivity index (χ2v) is 5.22. The summed E-state index contributed by atoms with van der Waals surface area (Å²) in [5, 5.41) is 11.7. The van der Waals surface area contributed by atoms with Crippen LogP contribution in [0.3, 0.4) is 0 Å². The van der Waals surface area contributed by atoms with Crippen LogP contribution in [0.4, 0.5) is 0 Å². The first-order valence-corrected chi connectivity index (χ1v) is 6.61. The number of aliphatic carboxylic acids is 1. The molecule has 1 aliphatic heterocycles. The molecule has 0 spiro atoms. The van der Waals surface area contributed by atoms with Gasteiger partial charge in [-0.3, -0.25) is 4.79 Å². The highest BCUT2D eigenvalue weighted by Crippen LogP contribution is 2.28.